The lowest BCUT2D eigenvalue weighted by Crippen LogP contribution is -2.15. The van der Waals surface area contributed by atoms with Gasteiger partial charge < -0.3 is 5.73 Å². The molecule has 1 amide bonds. The number of rotatable bonds is 2. The molecule has 0 fully saturated rings. The van der Waals surface area contributed by atoms with Crippen molar-refractivity contribution in [1.82, 2.24) is 15.0 Å². The molecule has 2 aromatic heterocycles. The third-order valence-corrected chi connectivity index (χ3v) is 1.80. The largest absolute Gasteiger partial charge is 0.363 e. The van der Waals surface area contributed by atoms with Gasteiger partial charge in [0.2, 0.25) is 5.82 Å². The molecular weight excluding hydrogens is 192 g/mol. The second-order valence-corrected chi connectivity index (χ2v) is 2.84. The average Bonchev–Trinajstić information content (AvgIpc) is 2.30. The van der Waals surface area contributed by atoms with E-state index in [9.17, 15) is 4.79 Å². The Balaban J connectivity index is 2.46. The standard InChI is InChI=1S/C10H8N4O/c11-9(15)10-13-6-4-8(14-10)7-3-1-2-5-12-7/h1-6H,(H2,11,15). The van der Waals surface area contributed by atoms with Gasteiger partial charge in [-0.25, -0.2) is 9.97 Å². The molecule has 0 aromatic carbocycles. The molecule has 0 saturated heterocycles. The summed E-state index contributed by atoms with van der Waals surface area (Å²) in [4.78, 5) is 22.7. The normalized spacial score (nSPS) is 9.87. The van der Waals surface area contributed by atoms with Crippen LogP contribution in [0.5, 0.6) is 0 Å². The highest BCUT2D eigenvalue weighted by molar-refractivity contribution is 5.89. The Bertz CT molecular complexity index is 484. The third kappa shape index (κ3) is 1.96. The van der Waals surface area contributed by atoms with Crippen LogP contribution in [0.4, 0.5) is 0 Å². The van der Waals surface area contributed by atoms with Crippen molar-refractivity contribution in [2.45, 2.75) is 0 Å². The number of amides is 1. The molecule has 2 N–H and O–H groups in total. The van der Waals surface area contributed by atoms with Crippen LogP contribution >= 0.6 is 0 Å². The van der Waals surface area contributed by atoms with Crippen LogP contribution in [0.2, 0.25) is 0 Å². The second kappa shape index (κ2) is 3.83. The summed E-state index contributed by atoms with van der Waals surface area (Å²) in [7, 11) is 0. The van der Waals surface area contributed by atoms with Gasteiger partial charge in [0.25, 0.3) is 5.91 Å². The molecule has 0 atom stereocenters. The minimum absolute atomic E-state index is 0.00171. The zero-order valence-electron chi connectivity index (χ0n) is 7.79. The fourth-order valence-electron chi connectivity index (χ4n) is 1.13. The molecule has 0 saturated carbocycles. The Morgan fingerprint density at radius 1 is 1.07 bits per heavy atom. The minimum atomic E-state index is -0.646. The topological polar surface area (TPSA) is 81.8 Å². The molecule has 0 bridgehead atoms. The molecular formula is C10H8N4O. The third-order valence-electron chi connectivity index (χ3n) is 1.80. The number of nitrogens with two attached hydrogens (primary N) is 1. The van der Waals surface area contributed by atoms with Crippen molar-refractivity contribution in [2.24, 2.45) is 5.73 Å². The molecule has 2 rings (SSSR count). The summed E-state index contributed by atoms with van der Waals surface area (Å²) in [6.45, 7) is 0. The van der Waals surface area contributed by atoms with Gasteiger partial charge in [-0.15, -0.1) is 0 Å². The number of nitrogens with zero attached hydrogens (tertiary/aromatic N) is 3. The van der Waals surface area contributed by atoms with E-state index in [1.165, 1.54) is 6.20 Å². The van der Waals surface area contributed by atoms with Crippen molar-refractivity contribution < 1.29 is 4.79 Å². The van der Waals surface area contributed by atoms with E-state index >= 15 is 0 Å². The maximum atomic E-state index is 10.9. The van der Waals surface area contributed by atoms with Crippen LogP contribution in [0.1, 0.15) is 10.6 Å². The Kier molecular flexibility index (Phi) is 2.37. The molecule has 74 valence electrons. The van der Waals surface area contributed by atoms with Crippen LogP contribution in [-0.4, -0.2) is 20.9 Å². The predicted octanol–water partition coefficient (Wildman–Crippen LogP) is 0.637. The van der Waals surface area contributed by atoms with Crippen LogP contribution in [0.15, 0.2) is 36.7 Å². The first-order chi connectivity index (χ1) is 7.27. The Morgan fingerprint density at radius 3 is 2.60 bits per heavy atom. The van der Waals surface area contributed by atoms with Gasteiger partial charge in [0, 0.05) is 12.4 Å². The highest BCUT2D eigenvalue weighted by Gasteiger charge is 2.06. The van der Waals surface area contributed by atoms with E-state index in [0.717, 1.165) is 0 Å². The summed E-state index contributed by atoms with van der Waals surface area (Å²) >= 11 is 0. The van der Waals surface area contributed by atoms with E-state index in [1.54, 1.807) is 24.4 Å². The fraction of sp³-hybridized carbons (Fsp3) is 0. The molecule has 0 radical (unpaired) electrons. The molecule has 0 unspecified atom stereocenters. The number of hydrogen-bond donors (Lipinski definition) is 1. The fourth-order valence-corrected chi connectivity index (χ4v) is 1.13. The molecule has 0 aliphatic rings. The van der Waals surface area contributed by atoms with Gasteiger partial charge in [-0.3, -0.25) is 9.78 Å². The zero-order valence-corrected chi connectivity index (χ0v) is 7.79. The first-order valence-corrected chi connectivity index (χ1v) is 4.31. The summed E-state index contributed by atoms with van der Waals surface area (Å²) in [6, 6.07) is 7.12. The molecule has 2 heterocycles. The van der Waals surface area contributed by atoms with Gasteiger partial charge in [0.05, 0.1) is 11.4 Å². The molecule has 15 heavy (non-hydrogen) atoms. The van der Waals surface area contributed by atoms with Crippen molar-refractivity contribution in [1.29, 1.82) is 0 Å². The lowest BCUT2D eigenvalue weighted by atomic mass is 10.2. The lowest BCUT2D eigenvalue weighted by Gasteiger charge is -1.99. The summed E-state index contributed by atoms with van der Waals surface area (Å²) in [6.07, 6.45) is 3.14. The minimum Gasteiger partial charge on any atom is -0.363 e. The number of carbonyl (C=O) groups is 1. The molecule has 0 aliphatic heterocycles. The maximum Gasteiger partial charge on any atom is 0.286 e. The van der Waals surface area contributed by atoms with Crippen LogP contribution in [0, 0.1) is 0 Å². The summed E-state index contributed by atoms with van der Waals surface area (Å²) in [5, 5.41) is 0. The smallest absolute Gasteiger partial charge is 0.286 e. The highest BCUT2D eigenvalue weighted by Crippen LogP contribution is 2.11. The molecule has 2 aromatic rings. The molecule has 0 aliphatic carbocycles. The highest BCUT2D eigenvalue weighted by atomic mass is 16.1. The number of primary amides is 1. The van der Waals surface area contributed by atoms with E-state index in [4.69, 9.17) is 5.73 Å². The average molecular weight is 200 g/mol. The maximum absolute atomic E-state index is 10.9. The van der Waals surface area contributed by atoms with Crippen LogP contribution in [0.25, 0.3) is 11.4 Å². The SMILES string of the molecule is NC(=O)c1nccc(-c2ccccn2)n1. The first kappa shape index (κ1) is 9.26. The molecule has 5 heteroatoms. The van der Waals surface area contributed by atoms with E-state index in [0.29, 0.717) is 11.4 Å². The van der Waals surface area contributed by atoms with Crippen LogP contribution in [-0.2, 0) is 0 Å². The monoisotopic (exact) mass is 200 g/mol. The van der Waals surface area contributed by atoms with E-state index < -0.39 is 5.91 Å². The summed E-state index contributed by atoms with van der Waals surface area (Å²) in [5.41, 5.74) is 6.34. The number of pyridine rings is 1. The van der Waals surface area contributed by atoms with Gasteiger partial charge in [-0.05, 0) is 18.2 Å². The first-order valence-electron chi connectivity index (χ1n) is 4.31. The van der Waals surface area contributed by atoms with E-state index in [2.05, 4.69) is 15.0 Å². The zero-order chi connectivity index (χ0) is 10.7. The Morgan fingerprint density at radius 2 is 1.93 bits per heavy atom. The quantitative estimate of drug-likeness (QED) is 0.771. The van der Waals surface area contributed by atoms with Crippen molar-refractivity contribution in [3.05, 3.63) is 42.5 Å². The number of carbonyl (C=O) groups excluding carboxylic acids is 1. The van der Waals surface area contributed by atoms with Gasteiger partial charge in [0.1, 0.15) is 0 Å². The molecule has 5 nitrogen and oxygen atoms in total. The van der Waals surface area contributed by atoms with Crippen molar-refractivity contribution in [3.63, 3.8) is 0 Å². The van der Waals surface area contributed by atoms with Gasteiger partial charge >= 0.3 is 0 Å². The summed E-state index contributed by atoms with van der Waals surface area (Å²) < 4.78 is 0. The van der Waals surface area contributed by atoms with E-state index in [-0.39, 0.29) is 5.82 Å². The van der Waals surface area contributed by atoms with Crippen molar-refractivity contribution in [3.8, 4) is 11.4 Å². The second-order valence-electron chi connectivity index (χ2n) is 2.84. The van der Waals surface area contributed by atoms with Gasteiger partial charge in [0.15, 0.2) is 0 Å². The Hall–Kier alpha value is -2.30. The lowest BCUT2D eigenvalue weighted by molar-refractivity contribution is 0.0990. The van der Waals surface area contributed by atoms with E-state index in [1.807, 2.05) is 6.07 Å². The Labute approximate surface area is 86.0 Å². The number of hydrogen-bond acceptors (Lipinski definition) is 4. The van der Waals surface area contributed by atoms with Gasteiger partial charge in [-0.1, -0.05) is 6.07 Å². The van der Waals surface area contributed by atoms with Crippen molar-refractivity contribution >= 4 is 5.91 Å². The van der Waals surface area contributed by atoms with Gasteiger partial charge in [-0.2, -0.15) is 0 Å². The van der Waals surface area contributed by atoms with Crippen LogP contribution < -0.4 is 5.73 Å². The number of aromatic nitrogens is 3. The van der Waals surface area contributed by atoms with Crippen molar-refractivity contribution in [2.75, 3.05) is 0 Å². The van der Waals surface area contributed by atoms with Crippen LogP contribution in [0.3, 0.4) is 0 Å². The predicted molar refractivity (Wildman–Crippen MR) is 53.8 cm³/mol. The molecule has 0 spiro atoms. The summed E-state index contributed by atoms with van der Waals surface area (Å²) in [5.74, 6) is -0.647.